The molecule has 0 aliphatic carbocycles. The van der Waals surface area contributed by atoms with Crippen LogP contribution in [0.15, 0.2) is 14.7 Å². The molecule has 2 aliphatic rings. The summed E-state index contributed by atoms with van der Waals surface area (Å²) < 4.78 is 28.9. The van der Waals surface area contributed by atoms with Crippen LogP contribution < -0.4 is 4.72 Å². The van der Waals surface area contributed by atoms with E-state index in [2.05, 4.69) is 25.6 Å². The van der Waals surface area contributed by atoms with Gasteiger partial charge in [-0.3, -0.25) is 4.90 Å². The van der Waals surface area contributed by atoms with Crippen molar-refractivity contribution in [3.8, 4) is 0 Å². The predicted octanol–water partition coefficient (Wildman–Crippen LogP) is 2.72. The molecule has 4 nitrogen and oxygen atoms in total. The predicted molar refractivity (Wildman–Crippen MR) is 84.7 cm³/mol. The summed E-state index contributed by atoms with van der Waals surface area (Å²) in [6, 6.07) is 2.16. The molecule has 20 heavy (non-hydrogen) atoms. The van der Waals surface area contributed by atoms with Crippen LogP contribution in [0, 0.1) is 6.92 Å². The third kappa shape index (κ3) is 2.83. The highest BCUT2D eigenvalue weighted by molar-refractivity contribution is 9.11. The maximum atomic E-state index is 12.6. The summed E-state index contributed by atoms with van der Waals surface area (Å²) in [4.78, 5) is 3.69. The number of piperidine rings is 1. The average Bonchev–Trinajstić information content (AvgIpc) is 2.94. The fourth-order valence-electron chi connectivity index (χ4n) is 3.35. The van der Waals surface area contributed by atoms with Crippen LogP contribution in [0.3, 0.4) is 0 Å². The second kappa shape index (κ2) is 5.68. The zero-order valence-corrected chi connectivity index (χ0v) is 14.7. The second-order valence-electron chi connectivity index (χ2n) is 5.59. The molecule has 2 unspecified atom stereocenters. The number of halogens is 1. The minimum absolute atomic E-state index is 0.0679. The van der Waals surface area contributed by atoms with Crippen LogP contribution in [0.25, 0.3) is 0 Å². The summed E-state index contributed by atoms with van der Waals surface area (Å²) in [5.41, 5.74) is 0. The van der Waals surface area contributed by atoms with Gasteiger partial charge in [-0.05, 0) is 54.7 Å². The van der Waals surface area contributed by atoms with Crippen molar-refractivity contribution in [1.29, 1.82) is 0 Å². The zero-order valence-electron chi connectivity index (χ0n) is 11.4. The average molecular weight is 379 g/mol. The van der Waals surface area contributed by atoms with Gasteiger partial charge in [0.1, 0.15) is 0 Å². The summed E-state index contributed by atoms with van der Waals surface area (Å²) in [6.45, 7) is 3.99. The minimum atomic E-state index is -3.40. The molecule has 0 spiro atoms. The van der Waals surface area contributed by atoms with E-state index in [1.165, 1.54) is 24.2 Å². The highest BCUT2D eigenvalue weighted by atomic mass is 79.9. The van der Waals surface area contributed by atoms with Gasteiger partial charge in [0, 0.05) is 23.5 Å². The standard InChI is InChI=1S/C13H19BrN2O2S2/c1-9-12(8-13(14)19-9)20(17,18)15-10-5-7-16-6-3-2-4-11(10)16/h8,10-11,15H,2-7H2,1H3. The van der Waals surface area contributed by atoms with E-state index in [0.717, 1.165) is 34.6 Å². The first kappa shape index (κ1) is 15.0. The first-order valence-electron chi connectivity index (χ1n) is 7.00. The van der Waals surface area contributed by atoms with Gasteiger partial charge in [-0.1, -0.05) is 6.42 Å². The van der Waals surface area contributed by atoms with E-state index in [9.17, 15) is 8.42 Å². The fraction of sp³-hybridized carbons (Fsp3) is 0.692. The lowest BCUT2D eigenvalue weighted by molar-refractivity contribution is 0.186. The monoisotopic (exact) mass is 378 g/mol. The van der Waals surface area contributed by atoms with Gasteiger partial charge in [-0.25, -0.2) is 13.1 Å². The normalized spacial score (nSPS) is 27.7. The van der Waals surface area contributed by atoms with E-state index in [1.54, 1.807) is 6.07 Å². The maximum Gasteiger partial charge on any atom is 0.242 e. The van der Waals surface area contributed by atoms with E-state index in [0.29, 0.717) is 10.9 Å². The number of rotatable bonds is 3. The Hall–Kier alpha value is 0.0500. The molecule has 1 aromatic rings. The molecule has 3 heterocycles. The highest BCUT2D eigenvalue weighted by Gasteiger charge is 2.38. The Morgan fingerprint density at radius 1 is 1.35 bits per heavy atom. The van der Waals surface area contributed by atoms with E-state index >= 15 is 0 Å². The Labute approximate surface area is 132 Å². The quantitative estimate of drug-likeness (QED) is 0.879. The first-order valence-corrected chi connectivity index (χ1v) is 10.1. The number of thiophene rings is 1. The Bertz CT molecular complexity index is 600. The lowest BCUT2D eigenvalue weighted by Crippen LogP contribution is -2.46. The molecule has 1 aromatic heterocycles. The molecule has 7 heteroatoms. The van der Waals surface area contributed by atoms with Gasteiger partial charge in [0.05, 0.1) is 8.68 Å². The number of sulfonamides is 1. The Balaban J connectivity index is 1.78. The van der Waals surface area contributed by atoms with Crippen LogP contribution >= 0.6 is 27.3 Å². The molecular formula is C13H19BrN2O2S2. The number of hydrogen-bond donors (Lipinski definition) is 1. The molecule has 2 fully saturated rings. The van der Waals surface area contributed by atoms with Crippen LogP contribution in [0.2, 0.25) is 0 Å². The molecule has 112 valence electrons. The zero-order chi connectivity index (χ0) is 14.3. The molecule has 0 aromatic carbocycles. The van der Waals surface area contributed by atoms with E-state index in [4.69, 9.17) is 0 Å². The fourth-order valence-corrected chi connectivity index (χ4v) is 7.06. The molecule has 1 N–H and O–H groups in total. The topological polar surface area (TPSA) is 49.4 Å². The molecule has 3 rings (SSSR count). The molecule has 2 atom stereocenters. The summed E-state index contributed by atoms with van der Waals surface area (Å²) in [5.74, 6) is 0. The number of fused-ring (bicyclic) bond motifs is 1. The molecule has 0 saturated carbocycles. The van der Waals surface area contributed by atoms with Crippen molar-refractivity contribution in [1.82, 2.24) is 9.62 Å². The molecule has 0 radical (unpaired) electrons. The smallest absolute Gasteiger partial charge is 0.242 e. The van der Waals surface area contributed by atoms with Crippen molar-refractivity contribution in [2.24, 2.45) is 0 Å². The van der Waals surface area contributed by atoms with Gasteiger partial charge in [-0.2, -0.15) is 0 Å². The Morgan fingerprint density at radius 2 is 2.15 bits per heavy atom. The second-order valence-corrected chi connectivity index (χ2v) is 9.90. The van der Waals surface area contributed by atoms with Crippen molar-refractivity contribution in [2.75, 3.05) is 13.1 Å². The number of nitrogens with zero attached hydrogens (tertiary/aromatic N) is 1. The van der Waals surface area contributed by atoms with Crippen molar-refractivity contribution < 1.29 is 8.42 Å². The summed E-state index contributed by atoms with van der Waals surface area (Å²) >= 11 is 4.83. The van der Waals surface area contributed by atoms with Crippen LogP contribution in [-0.2, 0) is 10.0 Å². The molecule has 0 bridgehead atoms. The highest BCUT2D eigenvalue weighted by Crippen LogP contribution is 2.32. The number of aryl methyl sites for hydroxylation is 1. The molecule has 0 amide bonds. The first-order chi connectivity index (χ1) is 9.47. The summed E-state index contributed by atoms with van der Waals surface area (Å²) in [7, 11) is -3.40. The van der Waals surface area contributed by atoms with Gasteiger partial charge in [0.2, 0.25) is 10.0 Å². The lowest BCUT2D eigenvalue weighted by Gasteiger charge is -2.32. The molecular weight excluding hydrogens is 360 g/mol. The number of nitrogens with one attached hydrogen (secondary N) is 1. The number of hydrogen-bond acceptors (Lipinski definition) is 4. The van der Waals surface area contributed by atoms with Crippen molar-refractivity contribution >= 4 is 37.3 Å². The third-order valence-corrected chi connectivity index (χ3v) is 7.59. The van der Waals surface area contributed by atoms with Crippen molar-refractivity contribution in [3.63, 3.8) is 0 Å². The Morgan fingerprint density at radius 3 is 2.85 bits per heavy atom. The maximum absolute atomic E-state index is 12.6. The van der Waals surface area contributed by atoms with E-state index < -0.39 is 10.0 Å². The largest absolute Gasteiger partial charge is 0.299 e. The van der Waals surface area contributed by atoms with E-state index in [1.807, 2.05) is 6.92 Å². The van der Waals surface area contributed by atoms with E-state index in [-0.39, 0.29) is 6.04 Å². The third-order valence-electron chi connectivity index (χ3n) is 4.29. The van der Waals surface area contributed by atoms with Gasteiger partial charge >= 0.3 is 0 Å². The van der Waals surface area contributed by atoms with Gasteiger partial charge < -0.3 is 0 Å². The van der Waals surface area contributed by atoms with Crippen LogP contribution in [0.5, 0.6) is 0 Å². The van der Waals surface area contributed by atoms with Gasteiger partial charge in [0.15, 0.2) is 0 Å². The van der Waals surface area contributed by atoms with Crippen LogP contribution in [0.4, 0.5) is 0 Å². The SMILES string of the molecule is Cc1sc(Br)cc1S(=O)(=O)NC1CCN2CCCCC12. The lowest BCUT2D eigenvalue weighted by atomic mass is 10.00. The van der Waals surface area contributed by atoms with Gasteiger partial charge in [-0.15, -0.1) is 11.3 Å². The van der Waals surface area contributed by atoms with Crippen LogP contribution in [0.1, 0.15) is 30.6 Å². The molecule has 2 aliphatic heterocycles. The molecule has 2 saturated heterocycles. The van der Waals surface area contributed by atoms with Crippen LogP contribution in [-0.4, -0.2) is 38.5 Å². The van der Waals surface area contributed by atoms with Gasteiger partial charge in [0.25, 0.3) is 0 Å². The summed E-state index contributed by atoms with van der Waals surface area (Å²) in [6.07, 6.45) is 4.49. The summed E-state index contributed by atoms with van der Waals surface area (Å²) in [5, 5.41) is 0. The van der Waals surface area contributed by atoms with Crippen molar-refractivity contribution in [3.05, 3.63) is 14.7 Å². The van der Waals surface area contributed by atoms with Crippen molar-refractivity contribution in [2.45, 2.75) is 49.6 Å². The minimum Gasteiger partial charge on any atom is -0.299 e. The Kier molecular flexibility index (Phi) is 4.25.